The van der Waals surface area contributed by atoms with Gasteiger partial charge in [-0.2, -0.15) is 0 Å². The van der Waals surface area contributed by atoms with E-state index in [1.54, 1.807) is 24.3 Å². The smallest absolute Gasteiger partial charge is 0.238 e. The summed E-state index contributed by atoms with van der Waals surface area (Å²) in [6.45, 7) is 4.80. The Bertz CT molecular complexity index is 703. The number of hydrogen-bond donors (Lipinski definition) is 1. The molecule has 2 rings (SSSR count). The Kier molecular flexibility index (Phi) is 5.64. The van der Waals surface area contributed by atoms with Crippen LogP contribution in [0, 0.1) is 5.92 Å². The van der Waals surface area contributed by atoms with Crippen LogP contribution in [0.25, 0.3) is 0 Å². The van der Waals surface area contributed by atoms with Gasteiger partial charge in [-0.15, -0.1) is 0 Å². The van der Waals surface area contributed by atoms with Crippen molar-refractivity contribution in [3.05, 3.63) is 29.8 Å². The third-order valence-corrected chi connectivity index (χ3v) is 6.09. The number of hydrogen-bond acceptors (Lipinski definition) is 4. The Balaban J connectivity index is 2.01. The minimum Gasteiger partial charge on any atom is -0.369 e. The molecule has 1 aliphatic heterocycles. The predicted molar refractivity (Wildman–Crippen MR) is 91.1 cm³/mol. The minimum absolute atomic E-state index is 0.160. The fourth-order valence-electron chi connectivity index (χ4n) is 2.81. The number of sulfone groups is 1. The van der Waals surface area contributed by atoms with Crippen LogP contribution in [0.1, 0.15) is 38.2 Å². The normalized spacial score (nSPS) is 16.4. The van der Waals surface area contributed by atoms with E-state index in [2.05, 4.69) is 0 Å². The zero-order chi connectivity index (χ0) is 17.9. The van der Waals surface area contributed by atoms with Crippen molar-refractivity contribution < 1.29 is 18.0 Å². The summed E-state index contributed by atoms with van der Waals surface area (Å²) in [6.07, 6.45) is 0.981. The van der Waals surface area contributed by atoms with E-state index in [1.165, 1.54) is 4.90 Å². The highest BCUT2D eigenvalue weighted by atomic mass is 32.2. The SMILES string of the molecule is CC(C)c1ccc(S(=O)(=O)CC(=O)N2CCC(C(N)=O)CC2)cc1. The summed E-state index contributed by atoms with van der Waals surface area (Å²) in [4.78, 5) is 25.1. The molecule has 7 heteroatoms. The average Bonchev–Trinajstić information content (AvgIpc) is 2.54. The lowest BCUT2D eigenvalue weighted by molar-refractivity contribution is -0.132. The van der Waals surface area contributed by atoms with Crippen LogP contribution >= 0.6 is 0 Å². The van der Waals surface area contributed by atoms with E-state index in [1.807, 2.05) is 13.8 Å². The number of primary amides is 1. The molecule has 0 saturated carbocycles. The maximum absolute atomic E-state index is 12.4. The molecule has 0 spiro atoms. The van der Waals surface area contributed by atoms with Gasteiger partial charge in [0.1, 0.15) is 5.75 Å². The molecular formula is C17H24N2O4S. The van der Waals surface area contributed by atoms with Crippen LogP contribution in [0.2, 0.25) is 0 Å². The van der Waals surface area contributed by atoms with Crippen molar-refractivity contribution in [1.29, 1.82) is 0 Å². The van der Waals surface area contributed by atoms with Crippen LogP contribution in [0.15, 0.2) is 29.2 Å². The van der Waals surface area contributed by atoms with Gasteiger partial charge in [0, 0.05) is 19.0 Å². The van der Waals surface area contributed by atoms with Crippen LogP contribution in [-0.4, -0.2) is 44.0 Å². The first-order valence-electron chi connectivity index (χ1n) is 8.10. The molecular weight excluding hydrogens is 328 g/mol. The average molecular weight is 352 g/mol. The molecule has 1 aromatic rings. The Labute approximate surface area is 142 Å². The van der Waals surface area contributed by atoms with Gasteiger partial charge in [-0.1, -0.05) is 26.0 Å². The summed E-state index contributed by atoms with van der Waals surface area (Å²) in [5, 5.41) is 0. The fraction of sp³-hybridized carbons (Fsp3) is 0.529. The summed E-state index contributed by atoms with van der Waals surface area (Å²) in [5.41, 5.74) is 6.31. The van der Waals surface area contributed by atoms with Gasteiger partial charge in [0.25, 0.3) is 0 Å². The number of nitrogens with zero attached hydrogens (tertiary/aromatic N) is 1. The van der Waals surface area contributed by atoms with Crippen molar-refractivity contribution in [2.45, 2.75) is 37.5 Å². The van der Waals surface area contributed by atoms with E-state index in [0.29, 0.717) is 31.8 Å². The Hall–Kier alpha value is -1.89. The first-order valence-corrected chi connectivity index (χ1v) is 9.75. The molecule has 132 valence electrons. The molecule has 0 aliphatic carbocycles. The highest BCUT2D eigenvalue weighted by molar-refractivity contribution is 7.92. The van der Waals surface area contributed by atoms with Crippen LogP contribution in [-0.2, 0) is 19.4 Å². The van der Waals surface area contributed by atoms with Crippen molar-refractivity contribution in [3.8, 4) is 0 Å². The van der Waals surface area contributed by atoms with E-state index < -0.39 is 21.5 Å². The predicted octanol–water partition coefficient (Wildman–Crippen LogP) is 1.31. The molecule has 1 aromatic carbocycles. The van der Waals surface area contributed by atoms with E-state index >= 15 is 0 Å². The minimum atomic E-state index is -3.66. The second-order valence-corrected chi connectivity index (χ2v) is 8.53. The second kappa shape index (κ2) is 7.34. The largest absolute Gasteiger partial charge is 0.369 e. The zero-order valence-corrected chi connectivity index (χ0v) is 14.9. The fourth-order valence-corrected chi connectivity index (χ4v) is 4.04. The molecule has 0 atom stereocenters. The summed E-state index contributed by atoms with van der Waals surface area (Å²) in [5.74, 6) is -1.25. The molecule has 6 nitrogen and oxygen atoms in total. The monoisotopic (exact) mass is 352 g/mol. The number of amides is 2. The molecule has 0 bridgehead atoms. The van der Waals surface area contributed by atoms with Crippen LogP contribution < -0.4 is 5.73 Å². The number of nitrogens with two attached hydrogens (primary N) is 1. The molecule has 1 saturated heterocycles. The number of carbonyl (C=O) groups excluding carboxylic acids is 2. The van der Waals surface area contributed by atoms with E-state index in [9.17, 15) is 18.0 Å². The van der Waals surface area contributed by atoms with Gasteiger partial charge in [0.2, 0.25) is 11.8 Å². The van der Waals surface area contributed by atoms with Gasteiger partial charge in [0.05, 0.1) is 4.90 Å². The van der Waals surface area contributed by atoms with Crippen molar-refractivity contribution >= 4 is 21.7 Å². The molecule has 24 heavy (non-hydrogen) atoms. The molecule has 0 aromatic heterocycles. The van der Waals surface area contributed by atoms with Gasteiger partial charge < -0.3 is 10.6 Å². The standard InChI is InChI=1S/C17H24N2O4S/c1-12(2)13-3-5-15(6-4-13)24(22,23)11-16(20)19-9-7-14(8-10-19)17(18)21/h3-6,12,14H,7-11H2,1-2H3,(H2,18,21). The van der Waals surface area contributed by atoms with Gasteiger partial charge in [-0.3, -0.25) is 9.59 Å². The molecule has 0 unspecified atom stereocenters. The van der Waals surface area contributed by atoms with Crippen molar-refractivity contribution in [3.63, 3.8) is 0 Å². The molecule has 1 fully saturated rings. The summed E-state index contributed by atoms with van der Waals surface area (Å²) < 4.78 is 24.8. The van der Waals surface area contributed by atoms with Gasteiger partial charge in [0.15, 0.2) is 9.84 Å². The Morgan fingerprint density at radius 2 is 1.71 bits per heavy atom. The highest BCUT2D eigenvalue weighted by Crippen LogP contribution is 2.20. The Morgan fingerprint density at radius 3 is 2.17 bits per heavy atom. The lowest BCUT2D eigenvalue weighted by Gasteiger charge is -2.30. The van der Waals surface area contributed by atoms with Gasteiger partial charge in [-0.25, -0.2) is 8.42 Å². The Morgan fingerprint density at radius 1 is 1.17 bits per heavy atom. The zero-order valence-electron chi connectivity index (χ0n) is 14.1. The van der Waals surface area contributed by atoms with Crippen LogP contribution in [0.4, 0.5) is 0 Å². The van der Waals surface area contributed by atoms with Crippen molar-refractivity contribution in [1.82, 2.24) is 4.90 Å². The van der Waals surface area contributed by atoms with Crippen molar-refractivity contribution in [2.24, 2.45) is 11.7 Å². The molecule has 0 radical (unpaired) electrons. The first kappa shape index (κ1) is 18.4. The van der Waals surface area contributed by atoms with E-state index in [0.717, 1.165) is 5.56 Å². The lowest BCUT2D eigenvalue weighted by Crippen LogP contribution is -2.43. The first-order chi connectivity index (χ1) is 11.2. The molecule has 2 N–H and O–H groups in total. The maximum Gasteiger partial charge on any atom is 0.238 e. The third-order valence-electron chi connectivity index (χ3n) is 4.47. The van der Waals surface area contributed by atoms with E-state index in [4.69, 9.17) is 5.73 Å². The van der Waals surface area contributed by atoms with E-state index in [-0.39, 0.29) is 16.7 Å². The summed E-state index contributed by atoms with van der Waals surface area (Å²) >= 11 is 0. The third kappa shape index (κ3) is 4.35. The van der Waals surface area contributed by atoms with Gasteiger partial charge in [-0.05, 0) is 36.5 Å². The number of benzene rings is 1. The molecule has 2 amide bonds. The maximum atomic E-state index is 12.4. The highest BCUT2D eigenvalue weighted by Gasteiger charge is 2.29. The van der Waals surface area contributed by atoms with Crippen molar-refractivity contribution in [2.75, 3.05) is 18.8 Å². The molecule has 1 aliphatic rings. The molecule has 1 heterocycles. The number of piperidine rings is 1. The van der Waals surface area contributed by atoms with Crippen LogP contribution in [0.5, 0.6) is 0 Å². The quantitative estimate of drug-likeness (QED) is 0.864. The number of likely N-dealkylation sites (tertiary alicyclic amines) is 1. The topological polar surface area (TPSA) is 97.5 Å². The summed E-state index contributed by atoms with van der Waals surface area (Å²) in [7, 11) is -3.66. The number of rotatable bonds is 5. The van der Waals surface area contributed by atoms with Gasteiger partial charge >= 0.3 is 0 Å². The summed E-state index contributed by atoms with van der Waals surface area (Å²) in [6, 6.07) is 6.66. The van der Waals surface area contributed by atoms with Crippen LogP contribution in [0.3, 0.4) is 0 Å². The second-order valence-electron chi connectivity index (χ2n) is 6.54. The number of carbonyl (C=O) groups is 2. The lowest BCUT2D eigenvalue weighted by atomic mass is 9.96.